The summed E-state index contributed by atoms with van der Waals surface area (Å²) in [5, 5.41) is 1.75. The van der Waals surface area contributed by atoms with E-state index in [1.165, 1.54) is 5.57 Å². The molecule has 0 amide bonds. The maximum atomic E-state index is 5.61. The van der Waals surface area contributed by atoms with Crippen LogP contribution in [-0.2, 0) is 4.84 Å². The lowest BCUT2D eigenvalue weighted by atomic mass is 10.1. The molecule has 0 fully saturated rings. The second-order valence-corrected chi connectivity index (χ2v) is 4.00. The molecule has 2 aliphatic rings. The first-order valence-electron chi connectivity index (χ1n) is 4.43. The predicted octanol–water partition coefficient (Wildman–Crippen LogP) is 2.23. The monoisotopic (exact) mass is 178 g/mol. The summed E-state index contributed by atoms with van der Waals surface area (Å²) in [6, 6.07) is 0. The molecule has 2 heterocycles. The van der Waals surface area contributed by atoms with Crippen LogP contribution < -0.4 is 0 Å². The van der Waals surface area contributed by atoms with Gasteiger partial charge in [-0.05, 0) is 38.8 Å². The molecule has 0 saturated carbocycles. The maximum Gasteiger partial charge on any atom is 0.182 e. The van der Waals surface area contributed by atoms with Crippen molar-refractivity contribution < 1.29 is 4.84 Å². The fourth-order valence-electron chi connectivity index (χ4n) is 1.59. The lowest BCUT2D eigenvalue weighted by Gasteiger charge is -2.21. The summed E-state index contributed by atoms with van der Waals surface area (Å²) in [7, 11) is 0. The molecule has 0 saturated heterocycles. The molecule has 70 valence electrons. The van der Waals surface area contributed by atoms with E-state index >= 15 is 0 Å². The Morgan fingerprint density at radius 2 is 2.08 bits per heavy atom. The van der Waals surface area contributed by atoms with E-state index in [1.807, 2.05) is 27.0 Å². The van der Waals surface area contributed by atoms with Gasteiger partial charge in [0, 0.05) is 6.20 Å². The Balaban J connectivity index is 2.41. The molecule has 2 rings (SSSR count). The molecular weight excluding hydrogens is 164 g/mol. The number of fused-ring (bicyclic) bond motifs is 1. The second-order valence-electron chi connectivity index (χ2n) is 4.00. The Morgan fingerprint density at radius 3 is 2.77 bits per heavy atom. The average molecular weight is 178 g/mol. The van der Waals surface area contributed by atoms with Gasteiger partial charge in [0.05, 0.1) is 0 Å². The summed E-state index contributed by atoms with van der Waals surface area (Å²) < 4.78 is 0. The molecule has 0 N–H and O–H groups in total. The minimum absolute atomic E-state index is 0.425. The van der Waals surface area contributed by atoms with Crippen molar-refractivity contribution in [2.24, 2.45) is 4.99 Å². The summed E-state index contributed by atoms with van der Waals surface area (Å²) in [4.78, 5) is 10.1. The van der Waals surface area contributed by atoms with Crippen molar-refractivity contribution in [3.05, 3.63) is 23.4 Å². The third kappa shape index (κ3) is 1.40. The normalized spacial score (nSPS) is 24.9. The van der Waals surface area contributed by atoms with Gasteiger partial charge in [0.25, 0.3) is 0 Å². The van der Waals surface area contributed by atoms with Crippen LogP contribution in [0.2, 0.25) is 0 Å². The van der Waals surface area contributed by atoms with Crippen LogP contribution in [-0.4, -0.2) is 16.6 Å². The number of allylic oxidation sites excluding steroid dienone is 2. The van der Waals surface area contributed by atoms with Crippen LogP contribution in [0.1, 0.15) is 27.7 Å². The molecule has 3 heteroatoms. The van der Waals surface area contributed by atoms with Gasteiger partial charge in [-0.2, -0.15) is 0 Å². The van der Waals surface area contributed by atoms with Crippen LogP contribution in [0.3, 0.4) is 0 Å². The standard InChI is InChI=1S/C10H14N2O/c1-7-5-8(2)9-11-10(3,4)13-12(9)6-7/h5-6H,1-4H3. The van der Waals surface area contributed by atoms with E-state index in [1.54, 1.807) is 5.06 Å². The third-order valence-electron chi connectivity index (χ3n) is 2.02. The summed E-state index contributed by atoms with van der Waals surface area (Å²) in [6.45, 7) is 8.01. The Morgan fingerprint density at radius 1 is 1.38 bits per heavy atom. The molecule has 0 bridgehead atoms. The topological polar surface area (TPSA) is 24.8 Å². The Labute approximate surface area is 78.4 Å². The van der Waals surface area contributed by atoms with E-state index in [9.17, 15) is 0 Å². The molecule has 0 radical (unpaired) electrons. The summed E-state index contributed by atoms with van der Waals surface area (Å²) in [5.41, 5.74) is 1.92. The largest absolute Gasteiger partial charge is 0.238 e. The molecule has 0 aromatic carbocycles. The third-order valence-corrected chi connectivity index (χ3v) is 2.02. The minimum atomic E-state index is -0.425. The van der Waals surface area contributed by atoms with Crippen LogP contribution in [0.15, 0.2) is 28.4 Å². The van der Waals surface area contributed by atoms with Crippen molar-refractivity contribution >= 4 is 5.84 Å². The number of hydrogen-bond acceptors (Lipinski definition) is 3. The van der Waals surface area contributed by atoms with Crippen LogP contribution in [0.5, 0.6) is 0 Å². The molecule has 0 spiro atoms. The first kappa shape index (κ1) is 8.51. The number of aliphatic imine (C=N–C) groups is 1. The van der Waals surface area contributed by atoms with Gasteiger partial charge >= 0.3 is 0 Å². The molecule has 0 aromatic rings. The first-order valence-corrected chi connectivity index (χ1v) is 4.43. The lowest BCUT2D eigenvalue weighted by molar-refractivity contribution is -0.135. The second kappa shape index (κ2) is 2.45. The van der Waals surface area contributed by atoms with Crippen molar-refractivity contribution in [2.45, 2.75) is 33.4 Å². The van der Waals surface area contributed by atoms with Crippen molar-refractivity contribution in [1.29, 1.82) is 0 Å². The highest BCUT2D eigenvalue weighted by Gasteiger charge is 2.33. The number of amidine groups is 1. The Hall–Kier alpha value is -1.09. The van der Waals surface area contributed by atoms with E-state index in [-0.39, 0.29) is 0 Å². The zero-order chi connectivity index (χ0) is 9.64. The SMILES string of the molecule is CC1=CN2OC(C)(C)N=C2C(C)=C1. The van der Waals surface area contributed by atoms with Gasteiger partial charge in [0.1, 0.15) is 0 Å². The molecule has 0 aromatic heterocycles. The van der Waals surface area contributed by atoms with Gasteiger partial charge in [-0.15, -0.1) is 0 Å². The zero-order valence-electron chi connectivity index (χ0n) is 8.46. The summed E-state index contributed by atoms with van der Waals surface area (Å²) in [5.74, 6) is 0.926. The number of nitrogens with zero attached hydrogens (tertiary/aromatic N) is 2. The van der Waals surface area contributed by atoms with Gasteiger partial charge in [0.15, 0.2) is 11.6 Å². The highest BCUT2D eigenvalue weighted by Crippen LogP contribution is 2.28. The number of hydroxylamine groups is 2. The Kier molecular flexibility index (Phi) is 1.60. The average Bonchev–Trinajstić information content (AvgIpc) is 2.23. The zero-order valence-corrected chi connectivity index (χ0v) is 8.46. The molecule has 0 unspecified atom stereocenters. The molecule has 0 aliphatic carbocycles. The van der Waals surface area contributed by atoms with Crippen molar-refractivity contribution in [3.63, 3.8) is 0 Å². The highest BCUT2D eigenvalue weighted by molar-refractivity contribution is 6.00. The molecular formula is C10H14N2O. The van der Waals surface area contributed by atoms with Gasteiger partial charge in [-0.1, -0.05) is 6.08 Å². The van der Waals surface area contributed by atoms with Crippen molar-refractivity contribution in [2.75, 3.05) is 0 Å². The summed E-state index contributed by atoms with van der Waals surface area (Å²) >= 11 is 0. The van der Waals surface area contributed by atoms with Crippen LogP contribution in [0, 0.1) is 0 Å². The lowest BCUT2D eigenvalue weighted by Crippen LogP contribution is -2.27. The molecule has 0 atom stereocenters. The summed E-state index contributed by atoms with van der Waals surface area (Å²) in [6.07, 6.45) is 4.07. The maximum absolute atomic E-state index is 5.61. The van der Waals surface area contributed by atoms with E-state index in [0.29, 0.717) is 0 Å². The quantitative estimate of drug-likeness (QED) is 0.568. The van der Waals surface area contributed by atoms with Crippen molar-refractivity contribution in [3.8, 4) is 0 Å². The van der Waals surface area contributed by atoms with Crippen LogP contribution >= 0.6 is 0 Å². The van der Waals surface area contributed by atoms with Gasteiger partial charge in [-0.25, -0.2) is 14.9 Å². The van der Waals surface area contributed by atoms with E-state index in [2.05, 4.69) is 18.0 Å². The molecule has 3 nitrogen and oxygen atoms in total. The number of hydrogen-bond donors (Lipinski definition) is 0. The van der Waals surface area contributed by atoms with Crippen LogP contribution in [0.4, 0.5) is 0 Å². The van der Waals surface area contributed by atoms with Crippen LogP contribution in [0.25, 0.3) is 0 Å². The minimum Gasteiger partial charge on any atom is -0.238 e. The van der Waals surface area contributed by atoms with Gasteiger partial charge in [0.2, 0.25) is 0 Å². The van der Waals surface area contributed by atoms with Gasteiger partial charge in [-0.3, -0.25) is 0 Å². The van der Waals surface area contributed by atoms with E-state index in [0.717, 1.165) is 11.4 Å². The number of rotatable bonds is 0. The Bertz CT molecular complexity index is 337. The highest BCUT2D eigenvalue weighted by atomic mass is 16.7. The van der Waals surface area contributed by atoms with E-state index in [4.69, 9.17) is 4.84 Å². The first-order chi connectivity index (χ1) is 5.98. The fraction of sp³-hybridized carbons (Fsp3) is 0.500. The predicted molar refractivity (Wildman–Crippen MR) is 52.0 cm³/mol. The molecule has 13 heavy (non-hydrogen) atoms. The van der Waals surface area contributed by atoms with Crippen molar-refractivity contribution in [1.82, 2.24) is 5.06 Å². The van der Waals surface area contributed by atoms with Gasteiger partial charge < -0.3 is 0 Å². The smallest absolute Gasteiger partial charge is 0.182 e. The molecule has 2 aliphatic heterocycles. The van der Waals surface area contributed by atoms with E-state index < -0.39 is 5.72 Å². The fourth-order valence-corrected chi connectivity index (χ4v) is 1.59.